The van der Waals surface area contributed by atoms with Crippen LogP contribution in [0.1, 0.15) is 15.5 Å². The summed E-state index contributed by atoms with van der Waals surface area (Å²) in [6.07, 6.45) is 0.697. The third kappa shape index (κ3) is 6.72. The SMILES string of the molecule is Cl.Cl.NCCc1nc(C(=O)N2CCN(CC(=O)Nc3ccccc3)CC2)cs1. The Morgan fingerprint density at radius 2 is 1.79 bits per heavy atom. The summed E-state index contributed by atoms with van der Waals surface area (Å²) in [7, 11) is 0. The van der Waals surface area contributed by atoms with Gasteiger partial charge in [0, 0.05) is 43.7 Å². The largest absolute Gasteiger partial charge is 0.335 e. The zero-order valence-electron chi connectivity index (χ0n) is 15.4. The number of anilines is 1. The second-order valence-electron chi connectivity index (χ2n) is 6.15. The van der Waals surface area contributed by atoms with E-state index in [9.17, 15) is 9.59 Å². The number of rotatable bonds is 6. The van der Waals surface area contributed by atoms with Crippen LogP contribution in [0.4, 0.5) is 5.69 Å². The van der Waals surface area contributed by atoms with Crippen molar-refractivity contribution in [3.05, 3.63) is 46.4 Å². The van der Waals surface area contributed by atoms with Gasteiger partial charge in [0.15, 0.2) is 0 Å². The molecule has 0 spiro atoms. The van der Waals surface area contributed by atoms with Crippen molar-refractivity contribution in [1.82, 2.24) is 14.8 Å². The molecule has 1 fully saturated rings. The average Bonchev–Trinajstić information content (AvgIpc) is 3.11. The Balaban J connectivity index is 0.00000196. The fourth-order valence-corrected chi connectivity index (χ4v) is 3.63. The number of para-hydroxylation sites is 1. The van der Waals surface area contributed by atoms with Crippen LogP contribution < -0.4 is 11.1 Å². The molecule has 1 aromatic heterocycles. The third-order valence-corrected chi connectivity index (χ3v) is 5.12. The van der Waals surface area contributed by atoms with E-state index in [4.69, 9.17) is 5.73 Å². The summed E-state index contributed by atoms with van der Waals surface area (Å²) in [6, 6.07) is 9.41. The number of thiazole rings is 1. The minimum atomic E-state index is -0.0436. The van der Waals surface area contributed by atoms with Gasteiger partial charge in [0.05, 0.1) is 11.6 Å². The fourth-order valence-electron chi connectivity index (χ4n) is 2.84. The second kappa shape index (κ2) is 12.0. The summed E-state index contributed by atoms with van der Waals surface area (Å²) in [5.41, 5.74) is 6.81. The molecule has 1 aliphatic rings. The van der Waals surface area contributed by atoms with Crippen LogP contribution in [-0.2, 0) is 11.2 Å². The number of carbonyl (C=O) groups is 2. The van der Waals surface area contributed by atoms with E-state index in [0.717, 1.165) is 10.7 Å². The summed E-state index contributed by atoms with van der Waals surface area (Å²) >= 11 is 1.47. The van der Waals surface area contributed by atoms with Gasteiger partial charge in [-0.15, -0.1) is 36.2 Å². The number of nitrogens with two attached hydrogens (primary N) is 1. The lowest BCUT2D eigenvalue weighted by molar-refractivity contribution is -0.117. The average molecular weight is 446 g/mol. The Morgan fingerprint density at radius 3 is 2.43 bits per heavy atom. The highest BCUT2D eigenvalue weighted by atomic mass is 35.5. The maximum atomic E-state index is 12.5. The van der Waals surface area contributed by atoms with Crippen molar-refractivity contribution in [2.45, 2.75) is 6.42 Å². The molecule has 154 valence electrons. The van der Waals surface area contributed by atoms with Crippen LogP contribution in [0.5, 0.6) is 0 Å². The molecule has 0 radical (unpaired) electrons. The highest BCUT2D eigenvalue weighted by molar-refractivity contribution is 7.09. The zero-order valence-corrected chi connectivity index (χ0v) is 17.8. The number of amides is 2. The number of nitrogens with one attached hydrogen (secondary N) is 1. The molecule has 3 N–H and O–H groups in total. The Kier molecular flexibility index (Phi) is 10.4. The minimum absolute atomic E-state index is 0. The first kappa shape index (κ1) is 24.3. The van der Waals surface area contributed by atoms with Gasteiger partial charge in [-0.1, -0.05) is 18.2 Å². The lowest BCUT2D eigenvalue weighted by atomic mass is 10.2. The summed E-state index contributed by atoms with van der Waals surface area (Å²) < 4.78 is 0. The van der Waals surface area contributed by atoms with Gasteiger partial charge in [0.25, 0.3) is 5.91 Å². The predicted octanol–water partition coefficient (Wildman–Crippen LogP) is 1.88. The van der Waals surface area contributed by atoms with Gasteiger partial charge < -0.3 is 16.0 Å². The van der Waals surface area contributed by atoms with Crippen LogP contribution in [0.3, 0.4) is 0 Å². The van der Waals surface area contributed by atoms with E-state index in [1.807, 2.05) is 30.3 Å². The normalized spacial score (nSPS) is 14.0. The first-order valence-corrected chi connectivity index (χ1v) is 9.54. The van der Waals surface area contributed by atoms with Gasteiger partial charge in [-0.2, -0.15) is 0 Å². The van der Waals surface area contributed by atoms with Crippen LogP contribution in [0.15, 0.2) is 35.7 Å². The standard InChI is InChI=1S/C18H23N5O2S.2ClH/c19-7-6-17-21-15(13-26-17)18(25)23-10-8-22(9-11-23)12-16(24)20-14-4-2-1-3-5-14;;/h1-5,13H,6-12,19H2,(H,20,24);2*1H. The highest BCUT2D eigenvalue weighted by Gasteiger charge is 2.24. The lowest BCUT2D eigenvalue weighted by Gasteiger charge is -2.33. The first-order valence-electron chi connectivity index (χ1n) is 8.66. The van der Waals surface area contributed by atoms with Crippen molar-refractivity contribution in [3.63, 3.8) is 0 Å². The topological polar surface area (TPSA) is 91.6 Å². The Morgan fingerprint density at radius 1 is 1.11 bits per heavy atom. The number of carbonyl (C=O) groups excluding carboxylic acids is 2. The summed E-state index contributed by atoms with van der Waals surface area (Å²) in [5, 5.41) is 5.58. The van der Waals surface area contributed by atoms with E-state index in [2.05, 4.69) is 15.2 Å². The van der Waals surface area contributed by atoms with Gasteiger partial charge in [-0.05, 0) is 18.7 Å². The van der Waals surface area contributed by atoms with Gasteiger partial charge in [-0.3, -0.25) is 14.5 Å². The maximum Gasteiger partial charge on any atom is 0.273 e. The van der Waals surface area contributed by atoms with Gasteiger partial charge >= 0.3 is 0 Å². The molecule has 0 atom stereocenters. The van der Waals surface area contributed by atoms with E-state index < -0.39 is 0 Å². The lowest BCUT2D eigenvalue weighted by Crippen LogP contribution is -2.50. The van der Waals surface area contributed by atoms with E-state index >= 15 is 0 Å². The van der Waals surface area contributed by atoms with Crippen LogP contribution in [-0.4, -0.2) is 65.9 Å². The number of hydrogen-bond donors (Lipinski definition) is 2. The maximum absolute atomic E-state index is 12.5. The monoisotopic (exact) mass is 445 g/mol. The molecule has 0 aliphatic carbocycles. The molecule has 0 saturated carbocycles. The van der Waals surface area contributed by atoms with E-state index in [-0.39, 0.29) is 36.6 Å². The van der Waals surface area contributed by atoms with Crippen LogP contribution in [0, 0.1) is 0 Å². The number of aromatic nitrogens is 1. The molecule has 28 heavy (non-hydrogen) atoms. The van der Waals surface area contributed by atoms with Crippen LogP contribution >= 0.6 is 36.2 Å². The fraction of sp³-hybridized carbons (Fsp3) is 0.389. The molecule has 10 heteroatoms. The predicted molar refractivity (Wildman–Crippen MR) is 117 cm³/mol. The van der Waals surface area contributed by atoms with E-state index in [0.29, 0.717) is 51.4 Å². The summed E-state index contributed by atoms with van der Waals surface area (Å²) in [5.74, 6) is -0.0835. The molecule has 0 unspecified atom stereocenters. The van der Waals surface area contributed by atoms with Gasteiger partial charge in [0.1, 0.15) is 5.69 Å². The third-order valence-electron chi connectivity index (χ3n) is 4.21. The molecule has 2 amide bonds. The van der Waals surface area contributed by atoms with Crippen molar-refractivity contribution in [1.29, 1.82) is 0 Å². The second-order valence-corrected chi connectivity index (χ2v) is 7.09. The van der Waals surface area contributed by atoms with Gasteiger partial charge in [-0.25, -0.2) is 4.98 Å². The number of benzene rings is 1. The molecule has 2 heterocycles. The van der Waals surface area contributed by atoms with E-state index in [1.165, 1.54) is 11.3 Å². The Labute approximate surface area is 181 Å². The molecule has 1 saturated heterocycles. The van der Waals surface area contributed by atoms with Crippen LogP contribution in [0.2, 0.25) is 0 Å². The van der Waals surface area contributed by atoms with Crippen molar-refractivity contribution < 1.29 is 9.59 Å². The first-order chi connectivity index (χ1) is 12.7. The van der Waals surface area contributed by atoms with Crippen molar-refractivity contribution in [2.24, 2.45) is 5.73 Å². The van der Waals surface area contributed by atoms with Gasteiger partial charge in [0.2, 0.25) is 5.91 Å². The molecule has 3 rings (SSSR count). The molecule has 1 aliphatic heterocycles. The van der Waals surface area contributed by atoms with Crippen molar-refractivity contribution in [3.8, 4) is 0 Å². The van der Waals surface area contributed by atoms with Crippen molar-refractivity contribution in [2.75, 3.05) is 44.6 Å². The number of halogens is 2. The quantitative estimate of drug-likeness (QED) is 0.707. The summed E-state index contributed by atoms with van der Waals surface area (Å²) in [6.45, 7) is 3.41. The molecule has 1 aromatic carbocycles. The molecular weight excluding hydrogens is 421 g/mol. The van der Waals surface area contributed by atoms with Crippen LogP contribution in [0.25, 0.3) is 0 Å². The number of piperazine rings is 1. The summed E-state index contributed by atoms with van der Waals surface area (Å²) in [4.78, 5) is 32.9. The highest BCUT2D eigenvalue weighted by Crippen LogP contribution is 2.14. The van der Waals surface area contributed by atoms with Crippen molar-refractivity contribution >= 4 is 53.7 Å². The number of nitrogens with zero attached hydrogens (tertiary/aromatic N) is 3. The zero-order chi connectivity index (χ0) is 18.4. The molecule has 0 bridgehead atoms. The Hall–Kier alpha value is -1.71. The Bertz CT molecular complexity index is 751. The smallest absolute Gasteiger partial charge is 0.273 e. The van der Waals surface area contributed by atoms with E-state index in [1.54, 1.807) is 10.3 Å². The number of hydrogen-bond acceptors (Lipinski definition) is 6. The molecular formula is C18H25Cl2N5O2S. The molecule has 2 aromatic rings. The minimum Gasteiger partial charge on any atom is -0.335 e. The molecule has 7 nitrogen and oxygen atoms in total.